The molecule has 142 valence electrons. The lowest BCUT2D eigenvalue weighted by Crippen LogP contribution is -2.12. The smallest absolute Gasteiger partial charge is 0.270 e. The van der Waals surface area contributed by atoms with Gasteiger partial charge < -0.3 is 4.74 Å². The van der Waals surface area contributed by atoms with Crippen LogP contribution in [0.3, 0.4) is 0 Å². The number of nitrogens with one attached hydrogen (secondary N) is 1. The Morgan fingerprint density at radius 3 is 2.82 bits per heavy atom. The Morgan fingerprint density at radius 1 is 1.29 bits per heavy atom. The summed E-state index contributed by atoms with van der Waals surface area (Å²) in [6, 6.07) is 9.65. The van der Waals surface area contributed by atoms with Crippen LogP contribution in [-0.2, 0) is 12.8 Å². The number of nitrogens with zero attached hydrogens (tertiary/aromatic N) is 2. The molecular weight excluding hydrogens is 402 g/mol. The molecule has 1 heterocycles. The number of hydrogen-bond acceptors (Lipinski definition) is 6. The molecule has 28 heavy (non-hydrogen) atoms. The van der Waals surface area contributed by atoms with Gasteiger partial charge in [-0.2, -0.15) is 0 Å². The van der Waals surface area contributed by atoms with Crippen LogP contribution in [0.15, 0.2) is 36.4 Å². The molecule has 7 nitrogen and oxygen atoms in total. The Morgan fingerprint density at radius 2 is 2.11 bits per heavy atom. The van der Waals surface area contributed by atoms with E-state index in [4.69, 9.17) is 16.3 Å². The number of hydrogen-bond donors (Lipinski definition) is 1. The maximum Gasteiger partial charge on any atom is 0.270 e. The van der Waals surface area contributed by atoms with Crippen LogP contribution >= 0.6 is 22.9 Å². The highest BCUT2D eigenvalue weighted by Crippen LogP contribution is 2.39. The van der Waals surface area contributed by atoms with E-state index in [-0.39, 0.29) is 16.3 Å². The SMILES string of the molecule is COc1ccc2c(c1)-c1nc(NC(=O)c3ccc([N+](=O)[O-])cc3Cl)sc1CC2. The molecule has 0 saturated carbocycles. The second-order valence-electron chi connectivity index (χ2n) is 6.19. The fraction of sp³-hybridized carbons (Fsp3) is 0.158. The molecule has 0 bridgehead atoms. The van der Waals surface area contributed by atoms with Gasteiger partial charge in [0, 0.05) is 22.6 Å². The van der Waals surface area contributed by atoms with Crippen molar-refractivity contribution >= 4 is 39.7 Å². The summed E-state index contributed by atoms with van der Waals surface area (Å²) in [6.07, 6.45) is 1.75. The number of thiazole rings is 1. The lowest BCUT2D eigenvalue weighted by atomic mass is 9.93. The highest BCUT2D eigenvalue weighted by Gasteiger charge is 2.23. The summed E-state index contributed by atoms with van der Waals surface area (Å²) in [4.78, 5) is 28.5. The van der Waals surface area contributed by atoms with Gasteiger partial charge in [-0.25, -0.2) is 4.98 Å². The lowest BCUT2D eigenvalue weighted by Gasteiger charge is -2.15. The number of carbonyl (C=O) groups excluding carboxylic acids is 1. The van der Waals surface area contributed by atoms with Crippen molar-refractivity contribution in [3.8, 4) is 17.0 Å². The lowest BCUT2D eigenvalue weighted by molar-refractivity contribution is -0.384. The van der Waals surface area contributed by atoms with Gasteiger partial charge in [0.1, 0.15) is 5.75 Å². The summed E-state index contributed by atoms with van der Waals surface area (Å²) in [5.41, 5.74) is 3.02. The second-order valence-corrected chi connectivity index (χ2v) is 7.68. The number of aromatic nitrogens is 1. The molecule has 4 rings (SSSR count). The third kappa shape index (κ3) is 3.32. The van der Waals surface area contributed by atoms with E-state index < -0.39 is 10.8 Å². The number of fused-ring (bicyclic) bond motifs is 3. The van der Waals surface area contributed by atoms with Crippen molar-refractivity contribution < 1.29 is 14.5 Å². The van der Waals surface area contributed by atoms with E-state index in [0.717, 1.165) is 40.8 Å². The second kappa shape index (κ2) is 7.21. The first-order valence-electron chi connectivity index (χ1n) is 8.38. The zero-order valence-electron chi connectivity index (χ0n) is 14.7. The Balaban J connectivity index is 1.61. The summed E-state index contributed by atoms with van der Waals surface area (Å²) < 4.78 is 5.31. The fourth-order valence-corrected chi connectivity index (χ4v) is 4.35. The molecule has 0 radical (unpaired) electrons. The Bertz CT molecular complexity index is 1110. The average Bonchev–Trinajstić information content (AvgIpc) is 3.10. The van der Waals surface area contributed by atoms with E-state index in [1.165, 1.54) is 29.0 Å². The Labute approximate surface area is 169 Å². The minimum Gasteiger partial charge on any atom is -0.497 e. The molecule has 0 saturated heterocycles. The standard InChI is InChI=1S/C19H14ClN3O4S/c1-27-12-5-2-10-3-7-16-17(14(10)9-12)21-19(28-16)22-18(24)13-6-4-11(23(25)26)8-15(13)20/h2,4-6,8-9H,3,7H2,1H3,(H,21,22,24). The van der Waals surface area contributed by atoms with Crippen LogP contribution < -0.4 is 10.1 Å². The predicted octanol–water partition coefficient (Wildman–Crippen LogP) is 4.73. The molecule has 3 aromatic rings. The summed E-state index contributed by atoms with van der Waals surface area (Å²) in [6.45, 7) is 0. The Kier molecular flexibility index (Phi) is 4.74. The highest BCUT2D eigenvalue weighted by molar-refractivity contribution is 7.16. The van der Waals surface area contributed by atoms with E-state index in [1.807, 2.05) is 18.2 Å². The van der Waals surface area contributed by atoms with Crippen LogP contribution in [0.25, 0.3) is 11.3 Å². The minimum absolute atomic E-state index is 0.0168. The number of amides is 1. The van der Waals surface area contributed by atoms with Gasteiger partial charge >= 0.3 is 0 Å². The maximum absolute atomic E-state index is 12.6. The summed E-state index contributed by atoms with van der Waals surface area (Å²) >= 11 is 7.45. The van der Waals surface area contributed by atoms with Gasteiger partial charge in [-0.3, -0.25) is 20.2 Å². The normalized spacial score (nSPS) is 12.1. The van der Waals surface area contributed by atoms with Crippen LogP contribution in [0.4, 0.5) is 10.8 Å². The van der Waals surface area contributed by atoms with Gasteiger partial charge in [0.15, 0.2) is 5.13 Å². The first kappa shape index (κ1) is 18.4. The average molecular weight is 416 g/mol. The van der Waals surface area contributed by atoms with E-state index >= 15 is 0 Å². The van der Waals surface area contributed by atoms with Crippen LogP contribution in [0.2, 0.25) is 5.02 Å². The van der Waals surface area contributed by atoms with E-state index in [9.17, 15) is 14.9 Å². The molecule has 1 aliphatic rings. The van der Waals surface area contributed by atoms with Gasteiger partial charge in [-0.1, -0.05) is 17.7 Å². The summed E-state index contributed by atoms with van der Waals surface area (Å²) in [5, 5.41) is 14.0. The third-order valence-corrected chi connectivity index (χ3v) is 5.86. The maximum atomic E-state index is 12.6. The molecule has 1 amide bonds. The summed E-state index contributed by atoms with van der Waals surface area (Å²) in [7, 11) is 1.62. The molecular formula is C19H14ClN3O4S. The number of non-ortho nitro benzene ring substituents is 1. The van der Waals surface area contributed by atoms with Gasteiger partial charge in [0.05, 0.1) is 28.3 Å². The molecule has 1 N–H and O–H groups in total. The van der Waals surface area contributed by atoms with Crippen LogP contribution in [0.1, 0.15) is 20.8 Å². The molecule has 1 aliphatic carbocycles. The van der Waals surface area contributed by atoms with E-state index in [2.05, 4.69) is 10.3 Å². The van der Waals surface area contributed by atoms with Crippen LogP contribution in [0.5, 0.6) is 5.75 Å². The largest absolute Gasteiger partial charge is 0.497 e. The number of carbonyl (C=O) groups is 1. The number of ether oxygens (including phenoxy) is 1. The molecule has 0 unspecified atom stereocenters. The Hall–Kier alpha value is -2.97. The van der Waals surface area contributed by atoms with Crippen molar-refractivity contribution in [2.75, 3.05) is 12.4 Å². The topological polar surface area (TPSA) is 94.4 Å². The molecule has 1 aromatic heterocycles. The quantitative estimate of drug-likeness (QED) is 0.491. The number of nitro groups is 1. The zero-order valence-corrected chi connectivity index (χ0v) is 16.3. The molecule has 0 aliphatic heterocycles. The number of methoxy groups -OCH3 is 1. The predicted molar refractivity (Wildman–Crippen MR) is 108 cm³/mol. The van der Waals surface area contributed by atoms with Crippen molar-refractivity contribution in [2.24, 2.45) is 0 Å². The van der Waals surface area contributed by atoms with Crippen LogP contribution in [-0.4, -0.2) is 22.9 Å². The van der Waals surface area contributed by atoms with Crippen molar-refractivity contribution in [3.63, 3.8) is 0 Å². The third-order valence-electron chi connectivity index (χ3n) is 4.52. The van der Waals surface area contributed by atoms with Crippen molar-refractivity contribution in [3.05, 3.63) is 67.5 Å². The monoisotopic (exact) mass is 415 g/mol. The summed E-state index contributed by atoms with van der Waals surface area (Å²) in [5.74, 6) is 0.291. The van der Waals surface area contributed by atoms with Gasteiger partial charge in [-0.05, 0) is 36.6 Å². The number of aryl methyl sites for hydroxylation is 2. The first-order valence-corrected chi connectivity index (χ1v) is 9.58. The fourth-order valence-electron chi connectivity index (χ4n) is 3.12. The zero-order chi connectivity index (χ0) is 19.8. The van der Waals surface area contributed by atoms with Crippen molar-refractivity contribution in [2.45, 2.75) is 12.8 Å². The first-order chi connectivity index (χ1) is 13.5. The molecule has 0 spiro atoms. The molecule has 9 heteroatoms. The minimum atomic E-state index is -0.561. The molecule has 0 atom stereocenters. The van der Waals surface area contributed by atoms with Crippen LogP contribution in [0, 0.1) is 10.1 Å². The van der Waals surface area contributed by atoms with Crippen molar-refractivity contribution in [1.29, 1.82) is 0 Å². The van der Waals surface area contributed by atoms with Gasteiger partial charge in [-0.15, -0.1) is 11.3 Å². The number of benzene rings is 2. The number of halogens is 1. The van der Waals surface area contributed by atoms with Crippen molar-refractivity contribution in [1.82, 2.24) is 4.98 Å². The van der Waals surface area contributed by atoms with E-state index in [0.29, 0.717) is 5.13 Å². The molecule has 2 aromatic carbocycles. The van der Waals surface area contributed by atoms with Gasteiger partial charge in [0.2, 0.25) is 0 Å². The number of nitro benzene ring substituents is 1. The molecule has 0 fully saturated rings. The number of rotatable bonds is 4. The highest BCUT2D eigenvalue weighted by atomic mass is 35.5. The number of anilines is 1. The van der Waals surface area contributed by atoms with E-state index in [1.54, 1.807) is 7.11 Å². The van der Waals surface area contributed by atoms with Gasteiger partial charge in [0.25, 0.3) is 11.6 Å².